The highest BCUT2D eigenvalue weighted by Crippen LogP contribution is 2.40. The van der Waals surface area contributed by atoms with Gasteiger partial charge in [0.25, 0.3) is 0 Å². The number of allylic oxidation sites excluding steroid dienone is 3. The fourth-order valence-electron chi connectivity index (χ4n) is 5.43. The second kappa shape index (κ2) is 10.1. The molecule has 8 nitrogen and oxygen atoms in total. The summed E-state index contributed by atoms with van der Waals surface area (Å²) >= 11 is 5.80. The van der Waals surface area contributed by atoms with Crippen molar-refractivity contribution in [3.05, 3.63) is 59.1 Å². The Morgan fingerprint density at radius 3 is 2.74 bits per heavy atom. The lowest BCUT2D eigenvalue weighted by atomic mass is 9.92. The number of piperidine rings is 1. The van der Waals surface area contributed by atoms with E-state index >= 15 is 0 Å². The molecule has 10 heteroatoms. The Balaban J connectivity index is 1.32. The normalized spacial score (nSPS) is 26.9. The van der Waals surface area contributed by atoms with Crippen LogP contribution in [0.4, 0.5) is 16.2 Å². The van der Waals surface area contributed by atoms with Crippen molar-refractivity contribution in [3.8, 4) is 0 Å². The predicted octanol–water partition coefficient (Wildman–Crippen LogP) is 4.72. The molecular weight excluding hydrogens is 469 g/mol. The summed E-state index contributed by atoms with van der Waals surface area (Å²) in [6.45, 7) is 10.8. The molecule has 2 bridgehead atoms. The number of nitrogens with one attached hydrogen (secondary N) is 1. The van der Waals surface area contributed by atoms with E-state index in [1.807, 2.05) is 11.6 Å². The minimum Gasteiger partial charge on any atom is -0.365 e. The van der Waals surface area contributed by atoms with Gasteiger partial charge in [-0.15, -0.1) is 5.10 Å². The van der Waals surface area contributed by atoms with E-state index in [-0.39, 0.29) is 0 Å². The summed E-state index contributed by atoms with van der Waals surface area (Å²) < 4.78 is 22.1. The second-order valence-electron chi connectivity index (χ2n) is 9.65. The van der Waals surface area contributed by atoms with Gasteiger partial charge >= 0.3 is 0 Å². The summed E-state index contributed by atoms with van der Waals surface area (Å²) in [4.78, 5) is 15.9. The zero-order valence-electron chi connectivity index (χ0n) is 20.1. The maximum absolute atomic E-state index is 14.2. The first kappa shape index (κ1) is 23.9. The molecule has 0 radical (unpaired) electrons. The van der Waals surface area contributed by atoms with Gasteiger partial charge in [0.15, 0.2) is 5.82 Å². The van der Waals surface area contributed by atoms with Gasteiger partial charge in [-0.3, -0.25) is 0 Å². The summed E-state index contributed by atoms with van der Waals surface area (Å²) in [6, 6.07) is 2.35. The highest BCUT2D eigenvalue weighted by atomic mass is 35.5. The molecule has 1 aliphatic carbocycles. The van der Waals surface area contributed by atoms with Crippen LogP contribution in [0.1, 0.15) is 43.8 Å². The first-order chi connectivity index (χ1) is 16.9. The van der Waals surface area contributed by atoms with Crippen LogP contribution in [-0.2, 0) is 11.3 Å². The fraction of sp³-hybridized carbons (Fsp3) is 0.520. The lowest BCUT2D eigenvalue weighted by Gasteiger charge is -2.38. The van der Waals surface area contributed by atoms with Crippen molar-refractivity contribution in [2.75, 3.05) is 29.9 Å². The van der Waals surface area contributed by atoms with Gasteiger partial charge in [0.05, 0.1) is 0 Å². The van der Waals surface area contributed by atoms with Crippen molar-refractivity contribution in [3.63, 3.8) is 0 Å². The van der Waals surface area contributed by atoms with Crippen LogP contribution in [0.5, 0.6) is 0 Å². The van der Waals surface area contributed by atoms with Gasteiger partial charge in [-0.25, -0.2) is 19.0 Å². The lowest BCUT2D eigenvalue weighted by molar-refractivity contribution is 0.0809. The second-order valence-corrected chi connectivity index (χ2v) is 10.2. The summed E-state index contributed by atoms with van der Waals surface area (Å²) in [7, 11) is 0. The Kier molecular flexibility index (Phi) is 6.88. The third-order valence-electron chi connectivity index (χ3n) is 6.97. The number of nitrogens with zero attached hydrogens (tertiary/aromatic N) is 6. The largest absolute Gasteiger partial charge is 0.365 e. The molecule has 0 spiro atoms. The first-order valence-electron chi connectivity index (χ1n) is 12.1. The molecule has 4 atom stereocenters. The minimum absolute atomic E-state index is 0.303. The maximum Gasteiger partial charge on any atom is 0.242 e. The Morgan fingerprint density at radius 2 is 2.03 bits per heavy atom. The topological polar surface area (TPSA) is 81.0 Å². The van der Waals surface area contributed by atoms with Crippen LogP contribution >= 0.6 is 11.6 Å². The third-order valence-corrected chi connectivity index (χ3v) is 7.08. The number of aryl methyl sites for hydroxylation is 2. The average molecular weight is 500 g/mol. The van der Waals surface area contributed by atoms with Gasteiger partial charge in [-0.05, 0) is 62.7 Å². The van der Waals surface area contributed by atoms with Crippen LogP contribution in [0, 0.1) is 18.8 Å². The number of hydrogen-bond donors (Lipinski definition) is 1. The van der Waals surface area contributed by atoms with Crippen molar-refractivity contribution in [2.24, 2.45) is 11.8 Å². The van der Waals surface area contributed by atoms with Crippen LogP contribution in [0.3, 0.4) is 0 Å². The van der Waals surface area contributed by atoms with E-state index in [9.17, 15) is 4.39 Å². The molecule has 5 rings (SSSR count). The molecule has 3 aliphatic rings. The Labute approximate surface area is 209 Å². The summed E-state index contributed by atoms with van der Waals surface area (Å²) in [5.41, 5.74) is 1.46. The van der Waals surface area contributed by atoms with Crippen molar-refractivity contribution in [1.82, 2.24) is 24.7 Å². The highest BCUT2D eigenvalue weighted by Gasteiger charge is 2.43. The molecule has 4 heterocycles. The number of rotatable bonds is 6. The fourth-order valence-corrected chi connectivity index (χ4v) is 5.53. The van der Waals surface area contributed by atoms with Crippen molar-refractivity contribution >= 4 is 23.4 Å². The number of fused-ring (bicyclic) bond motifs is 3. The Bertz CT molecular complexity index is 1140. The van der Waals surface area contributed by atoms with Crippen molar-refractivity contribution < 1.29 is 9.13 Å². The lowest BCUT2D eigenvalue weighted by Crippen LogP contribution is -2.48. The van der Waals surface area contributed by atoms with Gasteiger partial charge in [-0.1, -0.05) is 18.2 Å². The molecule has 0 amide bonds. The molecule has 1 saturated heterocycles. The average Bonchev–Trinajstić information content (AvgIpc) is 3.20. The van der Waals surface area contributed by atoms with Gasteiger partial charge in [0.2, 0.25) is 5.95 Å². The molecular formula is C25H31ClFN7O. The molecule has 186 valence electrons. The van der Waals surface area contributed by atoms with E-state index in [4.69, 9.17) is 26.4 Å². The zero-order chi connectivity index (χ0) is 24.5. The van der Waals surface area contributed by atoms with Gasteiger partial charge in [-0.2, -0.15) is 4.98 Å². The molecule has 2 aromatic heterocycles. The minimum atomic E-state index is -0.560. The molecule has 0 unspecified atom stereocenters. The molecule has 1 N–H and O–H groups in total. The van der Waals surface area contributed by atoms with Crippen molar-refractivity contribution in [1.29, 1.82) is 0 Å². The quantitative estimate of drug-likeness (QED) is 0.576. The molecule has 2 aliphatic heterocycles. The SMILES string of the molecule is C=C(/C=C(F)\C=C(/C)Cl)[C@H]1OCCCn2nc(N[C@@H]3[C@@H]4CC[C@H]3CN(c3cc(C)ncn3)C4)nc21. The molecule has 0 aromatic carbocycles. The molecule has 2 fully saturated rings. The van der Waals surface area contributed by atoms with Crippen molar-refractivity contribution in [2.45, 2.75) is 51.8 Å². The third kappa shape index (κ3) is 5.26. The summed E-state index contributed by atoms with van der Waals surface area (Å²) in [5.74, 6) is 2.73. The van der Waals surface area contributed by atoms with E-state index in [1.54, 1.807) is 13.3 Å². The van der Waals surface area contributed by atoms with Crippen LogP contribution in [0.2, 0.25) is 0 Å². The van der Waals surface area contributed by atoms with Gasteiger partial charge in [0.1, 0.15) is 24.1 Å². The first-order valence-corrected chi connectivity index (χ1v) is 12.5. The van der Waals surface area contributed by atoms with Crippen LogP contribution in [0.25, 0.3) is 0 Å². The number of aromatic nitrogens is 5. The smallest absolute Gasteiger partial charge is 0.242 e. The van der Waals surface area contributed by atoms with Crippen LogP contribution in [-0.4, -0.2) is 50.5 Å². The summed E-state index contributed by atoms with van der Waals surface area (Å²) in [6.07, 6.45) is 6.81. The molecule has 35 heavy (non-hydrogen) atoms. The monoisotopic (exact) mass is 499 g/mol. The van der Waals surface area contributed by atoms with Gasteiger partial charge < -0.3 is 15.0 Å². The summed E-state index contributed by atoms with van der Waals surface area (Å²) in [5, 5.41) is 8.73. The number of ether oxygens (including phenoxy) is 1. The van der Waals surface area contributed by atoms with Gasteiger partial charge in [0, 0.05) is 49.1 Å². The Morgan fingerprint density at radius 1 is 1.26 bits per heavy atom. The number of halogens is 2. The highest BCUT2D eigenvalue weighted by molar-refractivity contribution is 6.29. The maximum atomic E-state index is 14.2. The van der Waals surface area contributed by atoms with E-state index in [0.717, 1.165) is 43.9 Å². The molecule has 2 aromatic rings. The zero-order valence-corrected chi connectivity index (χ0v) is 20.9. The number of hydrogen-bond acceptors (Lipinski definition) is 7. The predicted molar refractivity (Wildman–Crippen MR) is 134 cm³/mol. The van der Waals surface area contributed by atoms with Crippen LogP contribution < -0.4 is 10.2 Å². The Hall–Kier alpha value is -2.78. The van der Waals surface area contributed by atoms with E-state index in [0.29, 0.717) is 53.4 Å². The molecule has 1 saturated carbocycles. The van der Waals surface area contributed by atoms with E-state index < -0.39 is 11.9 Å². The van der Waals surface area contributed by atoms with E-state index in [1.165, 1.54) is 12.2 Å². The van der Waals surface area contributed by atoms with E-state index in [2.05, 4.69) is 32.8 Å². The van der Waals surface area contributed by atoms with Crippen LogP contribution in [0.15, 0.2) is 47.6 Å². The number of anilines is 2. The standard InChI is InChI=1S/C25H31ClFN7O/c1-15(9-20(27)10-16(2)26)23-24-31-25(32-34(24)7-4-8-35-23)30-22-18-5-6-19(22)13-33(12-18)21-11-17(3)28-14-29-21/h9-11,14,18-19,22-23H,1,4-8,12-13H2,2-3H3,(H,30,32)/b16-10+,20-9+/t18-,19+,22-,23-/m1/s1.